The summed E-state index contributed by atoms with van der Waals surface area (Å²) >= 11 is 0. The zero-order valence-corrected chi connectivity index (χ0v) is 14.0. The monoisotopic (exact) mass is 311 g/mol. The molecule has 1 aromatic carbocycles. The standard InChI is InChI=1S/C18H22BNO3/c1-5-6-11-21-17-9-10-20-16-8-7-14(12-15(16)17)19-22-13(2)18(3,4)23-19/h7-10,12H,2,5-6,11H2,1,3-4H3. The van der Waals surface area contributed by atoms with Crippen LogP contribution in [0.5, 0.6) is 5.75 Å². The second-order valence-electron chi connectivity index (χ2n) is 6.29. The Hall–Kier alpha value is -2.01. The average Bonchev–Trinajstić information content (AvgIpc) is 2.81. The van der Waals surface area contributed by atoms with E-state index in [9.17, 15) is 0 Å². The van der Waals surface area contributed by atoms with Crippen molar-refractivity contribution in [1.82, 2.24) is 4.98 Å². The fourth-order valence-corrected chi connectivity index (χ4v) is 2.50. The van der Waals surface area contributed by atoms with Crippen LogP contribution in [0.25, 0.3) is 10.9 Å². The first kappa shape index (κ1) is 15.9. The number of benzene rings is 1. The summed E-state index contributed by atoms with van der Waals surface area (Å²) in [5.74, 6) is 1.49. The van der Waals surface area contributed by atoms with Gasteiger partial charge >= 0.3 is 7.12 Å². The summed E-state index contributed by atoms with van der Waals surface area (Å²) in [5.41, 5.74) is 1.37. The first-order valence-corrected chi connectivity index (χ1v) is 8.06. The molecule has 1 saturated heterocycles. The molecule has 0 spiro atoms. The molecule has 5 heteroatoms. The quantitative estimate of drug-likeness (QED) is 0.626. The van der Waals surface area contributed by atoms with E-state index < -0.39 is 12.7 Å². The van der Waals surface area contributed by atoms with Gasteiger partial charge in [0, 0.05) is 11.6 Å². The maximum Gasteiger partial charge on any atom is 0.563 e. The summed E-state index contributed by atoms with van der Waals surface area (Å²) < 4.78 is 17.6. The molecule has 0 unspecified atom stereocenters. The van der Waals surface area contributed by atoms with E-state index in [1.807, 2.05) is 38.1 Å². The molecule has 1 aromatic heterocycles. The van der Waals surface area contributed by atoms with Crippen LogP contribution in [0.3, 0.4) is 0 Å². The van der Waals surface area contributed by atoms with Gasteiger partial charge in [-0.15, -0.1) is 0 Å². The van der Waals surface area contributed by atoms with Crippen molar-refractivity contribution in [2.45, 2.75) is 39.2 Å². The molecule has 120 valence electrons. The summed E-state index contributed by atoms with van der Waals surface area (Å²) in [4.78, 5) is 4.40. The molecular formula is C18H22BNO3. The highest BCUT2D eigenvalue weighted by Gasteiger charge is 2.42. The summed E-state index contributed by atoms with van der Waals surface area (Å²) in [6.45, 7) is 10.7. The molecule has 1 fully saturated rings. The molecule has 1 aliphatic rings. The molecule has 0 bridgehead atoms. The van der Waals surface area contributed by atoms with Gasteiger partial charge in [-0.1, -0.05) is 26.0 Å². The third-order valence-electron chi connectivity index (χ3n) is 4.08. The van der Waals surface area contributed by atoms with Crippen LogP contribution in [0.15, 0.2) is 42.8 Å². The molecule has 0 N–H and O–H groups in total. The van der Waals surface area contributed by atoms with Gasteiger partial charge < -0.3 is 14.0 Å². The Morgan fingerprint density at radius 2 is 2.13 bits per heavy atom. The molecule has 0 radical (unpaired) electrons. The molecule has 2 heterocycles. The van der Waals surface area contributed by atoms with Crippen molar-refractivity contribution in [1.29, 1.82) is 0 Å². The molecule has 2 aromatic rings. The predicted octanol–water partition coefficient (Wildman–Crippen LogP) is 3.45. The summed E-state index contributed by atoms with van der Waals surface area (Å²) in [6.07, 6.45) is 3.92. The lowest BCUT2D eigenvalue weighted by atomic mass is 9.78. The van der Waals surface area contributed by atoms with Crippen LogP contribution in [-0.2, 0) is 9.31 Å². The van der Waals surface area contributed by atoms with Crippen molar-refractivity contribution in [2.24, 2.45) is 0 Å². The molecule has 0 aliphatic carbocycles. The van der Waals surface area contributed by atoms with Crippen molar-refractivity contribution in [3.05, 3.63) is 42.8 Å². The van der Waals surface area contributed by atoms with E-state index in [0.717, 1.165) is 35.0 Å². The predicted molar refractivity (Wildman–Crippen MR) is 92.9 cm³/mol. The molecule has 3 rings (SSSR count). The van der Waals surface area contributed by atoms with Crippen LogP contribution in [0, 0.1) is 0 Å². The molecule has 0 saturated carbocycles. The number of unbranched alkanes of at least 4 members (excludes halogenated alkanes) is 1. The van der Waals surface area contributed by atoms with Crippen molar-refractivity contribution in [3.8, 4) is 5.75 Å². The molecule has 23 heavy (non-hydrogen) atoms. The Morgan fingerprint density at radius 3 is 2.83 bits per heavy atom. The maximum atomic E-state index is 5.95. The number of hydrogen-bond acceptors (Lipinski definition) is 4. The summed E-state index contributed by atoms with van der Waals surface area (Å²) in [6, 6.07) is 7.88. The van der Waals surface area contributed by atoms with Gasteiger partial charge in [0.25, 0.3) is 0 Å². The van der Waals surface area contributed by atoms with E-state index in [1.54, 1.807) is 6.20 Å². The van der Waals surface area contributed by atoms with Crippen molar-refractivity contribution in [2.75, 3.05) is 6.61 Å². The van der Waals surface area contributed by atoms with Gasteiger partial charge in [0.1, 0.15) is 11.4 Å². The van der Waals surface area contributed by atoms with Crippen molar-refractivity contribution >= 4 is 23.5 Å². The van der Waals surface area contributed by atoms with E-state index in [2.05, 4.69) is 18.5 Å². The Kier molecular flexibility index (Phi) is 4.31. The lowest BCUT2D eigenvalue weighted by Crippen LogP contribution is -2.34. The molecule has 0 atom stereocenters. The third kappa shape index (κ3) is 3.20. The van der Waals surface area contributed by atoms with Crippen molar-refractivity contribution < 1.29 is 14.0 Å². The largest absolute Gasteiger partial charge is 0.563 e. The zero-order valence-electron chi connectivity index (χ0n) is 14.0. The second kappa shape index (κ2) is 6.24. The molecular weight excluding hydrogens is 289 g/mol. The van der Waals surface area contributed by atoms with E-state index in [4.69, 9.17) is 14.0 Å². The first-order valence-electron chi connectivity index (χ1n) is 8.06. The second-order valence-corrected chi connectivity index (χ2v) is 6.29. The topological polar surface area (TPSA) is 40.6 Å². The maximum absolute atomic E-state index is 5.95. The lowest BCUT2D eigenvalue weighted by Gasteiger charge is -2.15. The van der Waals surface area contributed by atoms with Gasteiger partial charge in [-0.05, 0) is 43.9 Å². The number of pyridine rings is 1. The normalized spacial score (nSPS) is 16.7. The third-order valence-corrected chi connectivity index (χ3v) is 4.08. The molecule has 0 amide bonds. The van der Waals surface area contributed by atoms with E-state index >= 15 is 0 Å². The molecule has 1 aliphatic heterocycles. The Morgan fingerprint density at radius 1 is 1.30 bits per heavy atom. The highest BCUT2D eigenvalue weighted by Crippen LogP contribution is 2.30. The number of aromatic nitrogens is 1. The van der Waals surface area contributed by atoms with Gasteiger partial charge in [0.05, 0.1) is 17.9 Å². The van der Waals surface area contributed by atoms with Crippen LogP contribution < -0.4 is 10.2 Å². The fourth-order valence-electron chi connectivity index (χ4n) is 2.50. The highest BCUT2D eigenvalue weighted by molar-refractivity contribution is 6.62. The van der Waals surface area contributed by atoms with Gasteiger partial charge in [0.15, 0.2) is 0 Å². The van der Waals surface area contributed by atoms with E-state index in [0.29, 0.717) is 12.4 Å². The number of nitrogens with zero attached hydrogens (tertiary/aromatic N) is 1. The highest BCUT2D eigenvalue weighted by atomic mass is 16.7. The summed E-state index contributed by atoms with van der Waals surface area (Å²) in [7, 11) is -0.439. The zero-order chi connectivity index (χ0) is 16.4. The molecule has 4 nitrogen and oxygen atoms in total. The van der Waals surface area contributed by atoms with Gasteiger partial charge in [-0.3, -0.25) is 4.98 Å². The smallest absolute Gasteiger partial charge is 0.534 e. The number of rotatable bonds is 5. The fraction of sp³-hybridized carbons (Fsp3) is 0.389. The van der Waals surface area contributed by atoms with Crippen LogP contribution in [0.2, 0.25) is 0 Å². The number of fused-ring (bicyclic) bond motifs is 1. The average molecular weight is 311 g/mol. The SMILES string of the molecule is C=C1OB(c2ccc3nccc(OCCCC)c3c2)OC1(C)C. The minimum atomic E-state index is -0.477. The number of ether oxygens (including phenoxy) is 1. The number of hydrogen-bond donors (Lipinski definition) is 0. The minimum Gasteiger partial charge on any atom is -0.534 e. The lowest BCUT2D eigenvalue weighted by molar-refractivity contribution is 0.173. The van der Waals surface area contributed by atoms with Crippen molar-refractivity contribution in [3.63, 3.8) is 0 Å². The van der Waals surface area contributed by atoms with Crippen LogP contribution in [0.1, 0.15) is 33.6 Å². The van der Waals surface area contributed by atoms with Gasteiger partial charge in [-0.25, -0.2) is 0 Å². The minimum absolute atomic E-state index is 0.439. The van der Waals surface area contributed by atoms with Crippen LogP contribution >= 0.6 is 0 Å². The Labute approximate surface area is 137 Å². The van der Waals surface area contributed by atoms with Crippen LogP contribution in [0.4, 0.5) is 0 Å². The Balaban J connectivity index is 1.91. The first-order chi connectivity index (χ1) is 11.0. The van der Waals surface area contributed by atoms with E-state index in [-0.39, 0.29) is 0 Å². The van der Waals surface area contributed by atoms with Crippen LogP contribution in [-0.4, -0.2) is 24.3 Å². The Bertz CT molecular complexity index is 729. The summed E-state index contributed by atoms with van der Waals surface area (Å²) in [5, 5.41) is 0.976. The van der Waals surface area contributed by atoms with Gasteiger partial charge in [-0.2, -0.15) is 0 Å². The van der Waals surface area contributed by atoms with Gasteiger partial charge in [0.2, 0.25) is 0 Å². The van der Waals surface area contributed by atoms with E-state index in [1.165, 1.54) is 0 Å².